The van der Waals surface area contributed by atoms with Crippen molar-refractivity contribution in [2.75, 3.05) is 7.11 Å². The highest BCUT2D eigenvalue weighted by Gasteiger charge is 2.15. The van der Waals surface area contributed by atoms with Crippen molar-refractivity contribution in [1.82, 2.24) is 15.4 Å². The molecule has 0 saturated heterocycles. The number of hydrazine groups is 1. The molecule has 0 aliphatic carbocycles. The number of rotatable bonds is 3. The van der Waals surface area contributed by atoms with E-state index in [1.807, 2.05) is 5.43 Å². The van der Waals surface area contributed by atoms with Crippen LogP contribution < -0.4 is 21.7 Å². The Balaban J connectivity index is 3.25. The molecule has 0 aliphatic heterocycles. The van der Waals surface area contributed by atoms with Crippen molar-refractivity contribution < 1.29 is 9.53 Å². The molecular formula is C9H10N6O2. The smallest absolute Gasteiger partial charge is 0.278 e. The van der Waals surface area contributed by atoms with Crippen molar-refractivity contribution in [3.8, 4) is 11.9 Å². The number of hydrogen-bond acceptors (Lipinski definition) is 7. The van der Waals surface area contributed by atoms with Gasteiger partial charge in [-0.25, -0.2) is 10.8 Å². The standard InChI is InChI=1S/C9H10N6O2/c1-17-7-4-13-3-6(14-7)8(11)5(2-10)9(16)15-12/h3-4H,11-12H2,1H3,(H,15,16)/b8-5-. The summed E-state index contributed by atoms with van der Waals surface area (Å²) < 4.78 is 4.85. The first kappa shape index (κ1) is 12.4. The molecule has 1 heterocycles. The van der Waals surface area contributed by atoms with Gasteiger partial charge in [-0.3, -0.25) is 15.2 Å². The van der Waals surface area contributed by atoms with Crippen LogP contribution in [0.15, 0.2) is 18.0 Å². The van der Waals surface area contributed by atoms with Crippen molar-refractivity contribution in [2.24, 2.45) is 11.6 Å². The molecule has 0 saturated carbocycles. The lowest BCUT2D eigenvalue weighted by molar-refractivity contribution is -0.117. The maximum Gasteiger partial charge on any atom is 0.278 e. The molecule has 8 nitrogen and oxygen atoms in total. The average Bonchev–Trinajstić information content (AvgIpc) is 2.39. The predicted octanol–water partition coefficient (Wildman–Crippen LogP) is -1.33. The molecule has 1 aromatic rings. The minimum Gasteiger partial charge on any atom is -0.480 e. The third-order valence-electron chi connectivity index (χ3n) is 1.84. The second-order valence-corrected chi connectivity index (χ2v) is 2.82. The number of amides is 1. The van der Waals surface area contributed by atoms with Crippen LogP contribution in [0.2, 0.25) is 0 Å². The Bertz CT molecular complexity index is 504. The Morgan fingerprint density at radius 2 is 2.29 bits per heavy atom. The Kier molecular flexibility index (Phi) is 3.96. The summed E-state index contributed by atoms with van der Waals surface area (Å²) in [6.07, 6.45) is 2.67. The van der Waals surface area contributed by atoms with Gasteiger partial charge in [0, 0.05) is 0 Å². The van der Waals surface area contributed by atoms with Gasteiger partial charge in [0.15, 0.2) is 0 Å². The van der Waals surface area contributed by atoms with Gasteiger partial charge in [-0.15, -0.1) is 0 Å². The van der Waals surface area contributed by atoms with Crippen LogP contribution >= 0.6 is 0 Å². The number of methoxy groups -OCH3 is 1. The number of hydrogen-bond donors (Lipinski definition) is 3. The van der Waals surface area contributed by atoms with Gasteiger partial charge < -0.3 is 10.5 Å². The first-order valence-corrected chi connectivity index (χ1v) is 4.41. The molecule has 0 bridgehead atoms. The Morgan fingerprint density at radius 3 is 2.82 bits per heavy atom. The molecule has 0 aliphatic rings. The molecule has 0 unspecified atom stereocenters. The van der Waals surface area contributed by atoms with E-state index < -0.39 is 5.91 Å². The first-order chi connectivity index (χ1) is 8.13. The lowest BCUT2D eigenvalue weighted by Gasteiger charge is -2.05. The van der Waals surface area contributed by atoms with Gasteiger partial charge in [-0.1, -0.05) is 0 Å². The van der Waals surface area contributed by atoms with Crippen LogP contribution in [-0.2, 0) is 4.79 Å². The molecule has 0 spiro atoms. The van der Waals surface area contributed by atoms with E-state index in [2.05, 4.69) is 9.97 Å². The monoisotopic (exact) mass is 234 g/mol. The second-order valence-electron chi connectivity index (χ2n) is 2.82. The van der Waals surface area contributed by atoms with Crippen molar-refractivity contribution in [3.05, 3.63) is 23.7 Å². The molecule has 0 fully saturated rings. The molecule has 88 valence electrons. The van der Waals surface area contributed by atoms with E-state index in [4.69, 9.17) is 21.6 Å². The molecule has 5 N–H and O–H groups in total. The summed E-state index contributed by atoms with van der Waals surface area (Å²) in [5, 5.41) is 8.80. The van der Waals surface area contributed by atoms with Crippen LogP contribution in [-0.4, -0.2) is 23.0 Å². The van der Waals surface area contributed by atoms with E-state index >= 15 is 0 Å². The molecule has 8 heteroatoms. The van der Waals surface area contributed by atoms with Crippen molar-refractivity contribution in [2.45, 2.75) is 0 Å². The minimum absolute atomic E-state index is 0.123. The highest BCUT2D eigenvalue weighted by atomic mass is 16.5. The summed E-state index contributed by atoms with van der Waals surface area (Å²) in [6.45, 7) is 0. The number of nitrogens with zero attached hydrogens (tertiary/aromatic N) is 3. The van der Waals surface area contributed by atoms with Gasteiger partial charge in [0.05, 0.1) is 25.2 Å². The minimum atomic E-state index is -0.797. The average molecular weight is 234 g/mol. The molecule has 0 atom stereocenters. The number of carbonyl (C=O) groups is 1. The molecule has 0 aromatic carbocycles. The third kappa shape index (κ3) is 2.67. The number of carbonyl (C=O) groups excluding carboxylic acids is 1. The maximum absolute atomic E-state index is 11.2. The van der Waals surface area contributed by atoms with Crippen molar-refractivity contribution >= 4 is 11.6 Å². The number of nitrogens with two attached hydrogens (primary N) is 2. The highest BCUT2D eigenvalue weighted by molar-refractivity contribution is 6.03. The molecule has 1 rings (SSSR count). The first-order valence-electron chi connectivity index (χ1n) is 4.41. The van der Waals surface area contributed by atoms with Crippen molar-refractivity contribution in [3.63, 3.8) is 0 Å². The van der Waals surface area contributed by atoms with Gasteiger partial charge in [-0.2, -0.15) is 5.26 Å². The van der Waals surface area contributed by atoms with E-state index in [1.54, 1.807) is 6.07 Å². The molecule has 17 heavy (non-hydrogen) atoms. The largest absolute Gasteiger partial charge is 0.480 e. The Labute approximate surface area is 96.9 Å². The SMILES string of the molecule is COc1cncc(/C(N)=C(\C#N)C(=O)NN)n1. The van der Waals surface area contributed by atoms with Gasteiger partial charge in [0.2, 0.25) is 5.88 Å². The fourth-order valence-electron chi connectivity index (χ4n) is 1.01. The molecule has 1 aromatic heterocycles. The number of nitrogens with one attached hydrogen (secondary N) is 1. The van der Waals surface area contributed by atoms with E-state index in [0.29, 0.717) is 0 Å². The number of aromatic nitrogens is 2. The third-order valence-corrected chi connectivity index (χ3v) is 1.84. The predicted molar refractivity (Wildman–Crippen MR) is 57.6 cm³/mol. The maximum atomic E-state index is 11.2. The zero-order valence-corrected chi connectivity index (χ0v) is 8.97. The summed E-state index contributed by atoms with van der Waals surface area (Å²) in [5.41, 5.74) is 7.14. The second kappa shape index (κ2) is 5.43. The molecule has 0 radical (unpaired) electrons. The summed E-state index contributed by atoms with van der Waals surface area (Å²) in [6, 6.07) is 1.64. The fraction of sp³-hybridized carbons (Fsp3) is 0.111. The van der Waals surface area contributed by atoms with Gasteiger partial charge in [0.25, 0.3) is 5.91 Å². The van der Waals surface area contributed by atoms with Gasteiger partial charge in [-0.05, 0) is 0 Å². The van der Waals surface area contributed by atoms with E-state index in [9.17, 15) is 4.79 Å². The van der Waals surface area contributed by atoms with Gasteiger partial charge in [0.1, 0.15) is 17.3 Å². The zero-order valence-electron chi connectivity index (χ0n) is 8.97. The van der Waals surface area contributed by atoms with E-state index in [1.165, 1.54) is 19.5 Å². The quantitative estimate of drug-likeness (QED) is 0.193. The normalized spacial score (nSPS) is 11.1. The summed E-state index contributed by atoms with van der Waals surface area (Å²) in [5.74, 6) is 4.34. The summed E-state index contributed by atoms with van der Waals surface area (Å²) >= 11 is 0. The van der Waals surface area contributed by atoms with Crippen LogP contribution in [0.5, 0.6) is 5.88 Å². The molecular weight excluding hydrogens is 224 g/mol. The molecule has 1 amide bonds. The van der Waals surface area contributed by atoms with Crippen LogP contribution in [0.25, 0.3) is 5.70 Å². The van der Waals surface area contributed by atoms with Crippen LogP contribution in [0, 0.1) is 11.3 Å². The highest BCUT2D eigenvalue weighted by Crippen LogP contribution is 2.13. The van der Waals surface area contributed by atoms with Crippen molar-refractivity contribution in [1.29, 1.82) is 5.26 Å². The van der Waals surface area contributed by atoms with E-state index in [-0.39, 0.29) is 22.8 Å². The topological polar surface area (TPSA) is 140 Å². The van der Waals surface area contributed by atoms with Crippen LogP contribution in [0.3, 0.4) is 0 Å². The lowest BCUT2D eigenvalue weighted by atomic mass is 10.2. The van der Waals surface area contributed by atoms with E-state index in [0.717, 1.165) is 0 Å². The summed E-state index contributed by atoms with van der Waals surface area (Å²) in [4.78, 5) is 19.0. The van der Waals surface area contributed by atoms with Crippen LogP contribution in [0.1, 0.15) is 5.69 Å². The number of ether oxygens (including phenoxy) is 1. The lowest BCUT2D eigenvalue weighted by Crippen LogP contribution is -2.32. The fourth-order valence-corrected chi connectivity index (χ4v) is 1.01. The number of nitriles is 1. The van der Waals surface area contributed by atoms with Crippen LogP contribution in [0.4, 0.5) is 0 Å². The van der Waals surface area contributed by atoms with Gasteiger partial charge >= 0.3 is 0 Å². The Hall–Kier alpha value is -2.66. The Morgan fingerprint density at radius 1 is 1.59 bits per heavy atom. The summed E-state index contributed by atoms with van der Waals surface area (Å²) in [7, 11) is 1.41. The zero-order chi connectivity index (χ0) is 12.8.